The maximum atomic E-state index is 11.9. The molecule has 3 amide bonds. The fourth-order valence-corrected chi connectivity index (χ4v) is 3.59. The molecule has 2 heterocycles. The van der Waals surface area contributed by atoms with Crippen LogP contribution in [-0.4, -0.2) is 96.7 Å². The first-order chi connectivity index (χ1) is 18.3. The van der Waals surface area contributed by atoms with E-state index in [9.17, 15) is 29.1 Å². The van der Waals surface area contributed by atoms with Gasteiger partial charge in [0.2, 0.25) is 12.2 Å². The van der Waals surface area contributed by atoms with Crippen molar-refractivity contribution in [2.75, 3.05) is 32.9 Å². The summed E-state index contributed by atoms with van der Waals surface area (Å²) in [5, 5.41) is 21.6. The molecule has 14 heteroatoms. The molecule has 0 bridgehead atoms. The fourth-order valence-electron chi connectivity index (χ4n) is 3.59. The molecule has 0 aliphatic carbocycles. The average molecular weight is 536 g/mol. The smallest absolute Gasteiger partial charge is 0.333 e. The maximum Gasteiger partial charge on any atom is 0.333 e. The van der Waals surface area contributed by atoms with Crippen molar-refractivity contribution in [3.05, 3.63) is 35.9 Å². The molecule has 3 rings (SSSR count). The SMILES string of the molecule is O=COCc1ccc(OC2CC(O)CC(C(=O)O)O2)cc1OCCOCCNC(=O)CN1C(=O)C=CC1=O. The molecule has 14 nitrogen and oxygen atoms in total. The van der Waals surface area contributed by atoms with Crippen LogP contribution >= 0.6 is 0 Å². The number of hydrogen-bond donors (Lipinski definition) is 3. The van der Waals surface area contributed by atoms with Crippen LogP contribution in [0.5, 0.6) is 11.5 Å². The third kappa shape index (κ3) is 8.54. The second-order valence-electron chi connectivity index (χ2n) is 8.22. The van der Waals surface area contributed by atoms with Crippen molar-refractivity contribution in [1.82, 2.24) is 10.2 Å². The zero-order valence-corrected chi connectivity index (χ0v) is 20.3. The van der Waals surface area contributed by atoms with Gasteiger partial charge in [0.1, 0.15) is 31.3 Å². The van der Waals surface area contributed by atoms with Gasteiger partial charge < -0.3 is 39.2 Å². The molecular weight excluding hydrogens is 508 g/mol. The summed E-state index contributed by atoms with van der Waals surface area (Å²) in [6, 6.07) is 4.68. The lowest BCUT2D eigenvalue weighted by atomic mass is 10.1. The van der Waals surface area contributed by atoms with Crippen molar-refractivity contribution in [1.29, 1.82) is 0 Å². The molecule has 3 atom stereocenters. The summed E-state index contributed by atoms with van der Waals surface area (Å²) in [6.45, 7) is 0.373. The van der Waals surface area contributed by atoms with Crippen LogP contribution < -0.4 is 14.8 Å². The topological polar surface area (TPSA) is 187 Å². The van der Waals surface area contributed by atoms with Gasteiger partial charge in [0, 0.05) is 43.2 Å². The van der Waals surface area contributed by atoms with E-state index in [0.29, 0.717) is 17.8 Å². The minimum Gasteiger partial charge on any atom is -0.491 e. The van der Waals surface area contributed by atoms with E-state index in [4.69, 9.17) is 28.8 Å². The van der Waals surface area contributed by atoms with Crippen LogP contribution in [0.3, 0.4) is 0 Å². The van der Waals surface area contributed by atoms with Gasteiger partial charge in [0.05, 0.1) is 19.3 Å². The second-order valence-corrected chi connectivity index (χ2v) is 8.22. The normalized spacial score (nSPS) is 20.8. The third-order valence-corrected chi connectivity index (χ3v) is 5.41. The number of rotatable bonds is 15. The highest BCUT2D eigenvalue weighted by Gasteiger charge is 2.34. The van der Waals surface area contributed by atoms with Crippen LogP contribution in [0.1, 0.15) is 18.4 Å². The van der Waals surface area contributed by atoms with Crippen LogP contribution in [0.4, 0.5) is 0 Å². The largest absolute Gasteiger partial charge is 0.491 e. The minimum atomic E-state index is -1.20. The Morgan fingerprint density at radius 1 is 1.13 bits per heavy atom. The van der Waals surface area contributed by atoms with Gasteiger partial charge in [-0.3, -0.25) is 24.1 Å². The number of hydrogen-bond acceptors (Lipinski definition) is 11. The molecule has 3 N–H and O–H groups in total. The Kier molecular flexibility index (Phi) is 10.6. The van der Waals surface area contributed by atoms with Crippen molar-refractivity contribution >= 4 is 30.2 Å². The Morgan fingerprint density at radius 3 is 2.61 bits per heavy atom. The fraction of sp³-hybridized carbons (Fsp3) is 0.458. The highest BCUT2D eigenvalue weighted by Crippen LogP contribution is 2.29. The predicted octanol–water partition coefficient (Wildman–Crippen LogP) is -0.874. The summed E-state index contributed by atoms with van der Waals surface area (Å²) in [5.41, 5.74) is 0.533. The highest BCUT2D eigenvalue weighted by atomic mass is 16.7. The molecule has 0 aromatic heterocycles. The summed E-state index contributed by atoms with van der Waals surface area (Å²) >= 11 is 0. The van der Waals surface area contributed by atoms with E-state index >= 15 is 0 Å². The number of aliphatic hydroxyl groups is 1. The molecule has 3 unspecified atom stereocenters. The number of aliphatic hydroxyl groups excluding tert-OH is 1. The summed E-state index contributed by atoms with van der Waals surface area (Å²) in [6.07, 6.45) is -0.827. The number of nitrogens with one attached hydrogen (secondary N) is 1. The first-order valence-electron chi connectivity index (χ1n) is 11.7. The van der Waals surface area contributed by atoms with E-state index in [-0.39, 0.29) is 58.1 Å². The Labute approximate surface area is 217 Å². The molecule has 1 aromatic rings. The Balaban J connectivity index is 1.43. The van der Waals surface area contributed by atoms with Crippen molar-refractivity contribution in [2.45, 2.75) is 37.9 Å². The molecule has 0 radical (unpaired) electrons. The van der Waals surface area contributed by atoms with Gasteiger partial charge in [-0.2, -0.15) is 0 Å². The Bertz CT molecular complexity index is 1040. The minimum absolute atomic E-state index is 0.0372. The number of ether oxygens (including phenoxy) is 5. The number of benzene rings is 1. The number of carboxylic acid groups (broad SMARTS) is 1. The molecule has 2 aliphatic rings. The number of aliphatic carboxylic acids is 1. The van der Waals surface area contributed by atoms with Crippen molar-refractivity contribution in [3.63, 3.8) is 0 Å². The van der Waals surface area contributed by atoms with E-state index in [1.807, 2.05) is 0 Å². The number of amides is 3. The number of carboxylic acids is 1. The van der Waals surface area contributed by atoms with Crippen LogP contribution in [0.25, 0.3) is 0 Å². The molecule has 206 valence electrons. The van der Waals surface area contributed by atoms with Crippen molar-refractivity contribution in [2.24, 2.45) is 0 Å². The Morgan fingerprint density at radius 2 is 1.89 bits per heavy atom. The molecule has 2 aliphatic heterocycles. The highest BCUT2D eigenvalue weighted by molar-refractivity contribution is 6.14. The van der Waals surface area contributed by atoms with Crippen molar-refractivity contribution in [3.8, 4) is 11.5 Å². The van der Waals surface area contributed by atoms with Crippen LogP contribution in [0, 0.1) is 0 Å². The van der Waals surface area contributed by atoms with E-state index in [1.165, 1.54) is 6.07 Å². The Hall–Kier alpha value is -4.01. The quantitative estimate of drug-likeness (QED) is 0.143. The molecule has 1 fully saturated rings. The summed E-state index contributed by atoms with van der Waals surface area (Å²) < 4.78 is 27.0. The van der Waals surface area contributed by atoms with Crippen molar-refractivity contribution < 1.29 is 57.9 Å². The summed E-state index contributed by atoms with van der Waals surface area (Å²) in [4.78, 5) is 57.5. The number of imide groups is 1. The van der Waals surface area contributed by atoms with Crippen LogP contribution in [0.2, 0.25) is 0 Å². The lowest BCUT2D eigenvalue weighted by molar-refractivity contribution is -0.195. The standard InChI is InChI=1S/C24H28N2O12/c27-14-35-13-15-1-2-17(37-23-10-16(28)9-19(38-23)24(32)33)11-18(15)36-8-7-34-6-5-25-20(29)12-26-21(30)3-4-22(26)31/h1-4,11,14,16,19,23,28H,5-10,12-13H2,(H,25,29)(H,32,33). The lowest BCUT2D eigenvalue weighted by Crippen LogP contribution is -2.42. The third-order valence-electron chi connectivity index (χ3n) is 5.41. The molecule has 38 heavy (non-hydrogen) atoms. The van der Waals surface area contributed by atoms with E-state index in [2.05, 4.69) is 5.32 Å². The first kappa shape index (κ1) is 28.6. The summed E-state index contributed by atoms with van der Waals surface area (Å²) in [5.74, 6) is -2.18. The molecular formula is C24H28N2O12. The van der Waals surface area contributed by atoms with Gasteiger partial charge in [-0.15, -0.1) is 0 Å². The van der Waals surface area contributed by atoms with Gasteiger partial charge >= 0.3 is 5.97 Å². The monoisotopic (exact) mass is 536 g/mol. The van der Waals surface area contributed by atoms with Gasteiger partial charge in [-0.1, -0.05) is 0 Å². The number of carbonyl (C=O) groups is 5. The first-order valence-corrected chi connectivity index (χ1v) is 11.7. The van der Waals surface area contributed by atoms with Crippen LogP contribution in [-0.2, 0) is 44.8 Å². The van der Waals surface area contributed by atoms with E-state index in [0.717, 1.165) is 17.1 Å². The predicted molar refractivity (Wildman–Crippen MR) is 125 cm³/mol. The van der Waals surface area contributed by atoms with E-state index < -0.39 is 42.2 Å². The molecule has 0 spiro atoms. The zero-order valence-electron chi connectivity index (χ0n) is 20.3. The maximum absolute atomic E-state index is 11.9. The number of nitrogens with zero attached hydrogens (tertiary/aromatic N) is 1. The van der Waals surface area contributed by atoms with Gasteiger partial charge in [-0.25, -0.2) is 4.79 Å². The van der Waals surface area contributed by atoms with Gasteiger partial charge in [-0.05, 0) is 12.1 Å². The van der Waals surface area contributed by atoms with Crippen LogP contribution in [0.15, 0.2) is 30.4 Å². The molecule has 1 saturated heterocycles. The molecule has 0 saturated carbocycles. The lowest BCUT2D eigenvalue weighted by Gasteiger charge is -2.31. The second kappa shape index (κ2) is 14.1. The molecule has 1 aromatic carbocycles. The zero-order chi connectivity index (χ0) is 27.5. The number of carbonyl (C=O) groups excluding carboxylic acids is 4. The van der Waals surface area contributed by atoms with Gasteiger partial charge in [0.15, 0.2) is 6.10 Å². The van der Waals surface area contributed by atoms with Gasteiger partial charge in [0.25, 0.3) is 18.3 Å². The van der Waals surface area contributed by atoms with E-state index in [1.54, 1.807) is 12.1 Å². The average Bonchev–Trinajstić information content (AvgIpc) is 3.19. The summed E-state index contributed by atoms with van der Waals surface area (Å²) in [7, 11) is 0.